The first-order valence-electron chi connectivity index (χ1n) is 10.1. The van der Waals surface area contributed by atoms with Gasteiger partial charge < -0.3 is 14.6 Å². The predicted octanol–water partition coefficient (Wildman–Crippen LogP) is 4.02. The van der Waals surface area contributed by atoms with Gasteiger partial charge in [-0.15, -0.1) is 10.2 Å². The Labute approximate surface area is 190 Å². The van der Waals surface area contributed by atoms with E-state index in [1.165, 1.54) is 11.8 Å². The van der Waals surface area contributed by atoms with Gasteiger partial charge in [0.05, 0.1) is 41.2 Å². The third-order valence-electron chi connectivity index (χ3n) is 5.07. The van der Waals surface area contributed by atoms with Crippen molar-refractivity contribution < 1.29 is 9.53 Å². The number of anilines is 1. The number of ether oxygens (including phenoxy) is 1. The maximum Gasteiger partial charge on any atom is 0.234 e. The number of aromatic nitrogens is 5. The zero-order chi connectivity index (χ0) is 22.7. The summed E-state index contributed by atoms with van der Waals surface area (Å²) in [4.78, 5) is 12.7. The van der Waals surface area contributed by atoms with Crippen LogP contribution in [0.5, 0.6) is 5.75 Å². The van der Waals surface area contributed by atoms with Gasteiger partial charge in [0.1, 0.15) is 5.75 Å². The number of carbonyl (C=O) groups is 1. The van der Waals surface area contributed by atoms with Gasteiger partial charge in [-0.25, -0.2) is 4.68 Å². The SMILES string of the molecule is COc1ccccc1-c1nnc(SCC(=O)Nc2c(C)nn(-c3ccccc3)c2C)n1C. The van der Waals surface area contributed by atoms with Crippen molar-refractivity contribution in [3.63, 3.8) is 0 Å². The number of rotatable bonds is 7. The van der Waals surface area contributed by atoms with Gasteiger partial charge >= 0.3 is 0 Å². The van der Waals surface area contributed by atoms with Crippen LogP contribution in [0.3, 0.4) is 0 Å². The Kier molecular flexibility index (Phi) is 6.27. The summed E-state index contributed by atoms with van der Waals surface area (Å²) >= 11 is 1.33. The molecule has 1 amide bonds. The van der Waals surface area contributed by atoms with E-state index in [1.54, 1.807) is 7.11 Å². The minimum absolute atomic E-state index is 0.129. The van der Waals surface area contributed by atoms with E-state index in [1.807, 2.05) is 84.7 Å². The minimum Gasteiger partial charge on any atom is -0.496 e. The highest BCUT2D eigenvalue weighted by Crippen LogP contribution is 2.30. The molecule has 32 heavy (non-hydrogen) atoms. The second kappa shape index (κ2) is 9.27. The van der Waals surface area contributed by atoms with Crippen molar-refractivity contribution in [2.45, 2.75) is 19.0 Å². The van der Waals surface area contributed by atoms with Gasteiger partial charge in [0, 0.05) is 7.05 Å². The van der Waals surface area contributed by atoms with Crippen LogP contribution in [-0.2, 0) is 11.8 Å². The van der Waals surface area contributed by atoms with Crippen LogP contribution in [0, 0.1) is 13.8 Å². The molecule has 2 heterocycles. The van der Waals surface area contributed by atoms with Gasteiger partial charge in [-0.05, 0) is 38.1 Å². The van der Waals surface area contributed by atoms with Crippen molar-refractivity contribution in [2.75, 3.05) is 18.2 Å². The molecule has 0 aliphatic rings. The number of hydrogen-bond acceptors (Lipinski definition) is 6. The predicted molar refractivity (Wildman–Crippen MR) is 125 cm³/mol. The second-order valence-electron chi connectivity index (χ2n) is 7.20. The van der Waals surface area contributed by atoms with Crippen LogP contribution in [0.15, 0.2) is 59.8 Å². The van der Waals surface area contributed by atoms with E-state index < -0.39 is 0 Å². The van der Waals surface area contributed by atoms with Gasteiger partial charge in [-0.2, -0.15) is 5.10 Å². The van der Waals surface area contributed by atoms with Gasteiger partial charge in [-0.3, -0.25) is 4.79 Å². The topological polar surface area (TPSA) is 86.9 Å². The maximum atomic E-state index is 12.7. The highest BCUT2D eigenvalue weighted by Gasteiger charge is 2.18. The highest BCUT2D eigenvalue weighted by atomic mass is 32.2. The highest BCUT2D eigenvalue weighted by molar-refractivity contribution is 7.99. The first-order valence-corrected chi connectivity index (χ1v) is 11.0. The number of nitrogens with zero attached hydrogens (tertiary/aromatic N) is 5. The lowest BCUT2D eigenvalue weighted by Gasteiger charge is -2.08. The van der Waals surface area contributed by atoms with E-state index in [9.17, 15) is 4.79 Å². The number of carbonyl (C=O) groups excluding carboxylic acids is 1. The molecule has 2 aromatic heterocycles. The maximum absolute atomic E-state index is 12.7. The lowest BCUT2D eigenvalue weighted by atomic mass is 10.2. The molecule has 0 radical (unpaired) electrons. The van der Waals surface area contributed by atoms with Crippen LogP contribution >= 0.6 is 11.8 Å². The molecule has 0 aliphatic carbocycles. The van der Waals surface area contributed by atoms with Crippen LogP contribution in [-0.4, -0.2) is 43.3 Å². The van der Waals surface area contributed by atoms with E-state index in [4.69, 9.17) is 4.74 Å². The first kappa shape index (κ1) is 21.6. The number of para-hydroxylation sites is 2. The summed E-state index contributed by atoms with van der Waals surface area (Å²) < 4.78 is 9.12. The number of nitrogens with one attached hydrogen (secondary N) is 1. The fourth-order valence-corrected chi connectivity index (χ4v) is 4.17. The third-order valence-corrected chi connectivity index (χ3v) is 6.09. The number of hydrogen-bond donors (Lipinski definition) is 1. The number of methoxy groups -OCH3 is 1. The minimum atomic E-state index is -0.129. The molecule has 0 saturated carbocycles. The molecule has 2 aromatic carbocycles. The summed E-state index contributed by atoms with van der Waals surface area (Å²) in [6.45, 7) is 3.83. The Morgan fingerprint density at radius 3 is 2.53 bits per heavy atom. The van der Waals surface area contributed by atoms with Gasteiger partial charge in [-0.1, -0.05) is 42.1 Å². The van der Waals surface area contributed by atoms with Gasteiger partial charge in [0.25, 0.3) is 0 Å². The Hall–Kier alpha value is -3.59. The molecule has 4 aromatic rings. The lowest BCUT2D eigenvalue weighted by molar-refractivity contribution is -0.113. The van der Waals surface area contributed by atoms with E-state index >= 15 is 0 Å². The van der Waals surface area contributed by atoms with E-state index in [2.05, 4.69) is 20.6 Å². The monoisotopic (exact) mass is 448 g/mol. The molecule has 9 heteroatoms. The van der Waals surface area contributed by atoms with E-state index in [0.29, 0.717) is 11.0 Å². The van der Waals surface area contributed by atoms with Crippen LogP contribution in [0.25, 0.3) is 17.1 Å². The quantitative estimate of drug-likeness (QED) is 0.430. The largest absolute Gasteiger partial charge is 0.496 e. The molecule has 0 unspecified atom stereocenters. The molecule has 0 fully saturated rings. The van der Waals surface area contributed by atoms with Gasteiger partial charge in [0.15, 0.2) is 11.0 Å². The smallest absolute Gasteiger partial charge is 0.234 e. The standard InChI is InChI=1S/C23H24N6O2S/c1-15-21(16(2)29(27-15)17-10-6-5-7-11-17)24-20(30)14-32-23-26-25-22(28(23)3)18-12-8-9-13-19(18)31-4/h5-13H,14H2,1-4H3,(H,24,30). The third kappa shape index (κ3) is 4.24. The summed E-state index contributed by atoms with van der Waals surface area (Å²) in [6, 6.07) is 17.5. The Balaban J connectivity index is 1.46. The van der Waals surface area contributed by atoms with Crippen LogP contribution < -0.4 is 10.1 Å². The summed E-state index contributed by atoms with van der Waals surface area (Å²) in [5.41, 5.74) is 4.17. The summed E-state index contributed by atoms with van der Waals surface area (Å²) in [5.74, 6) is 1.48. The molecule has 0 atom stereocenters. The van der Waals surface area contributed by atoms with Crippen molar-refractivity contribution in [1.82, 2.24) is 24.5 Å². The molecule has 0 bridgehead atoms. The Bertz CT molecular complexity index is 1250. The molecule has 4 rings (SSSR count). The number of amides is 1. The zero-order valence-corrected chi connectivity index (χ0v) is 19.2. The second-order valence-corrected chi connectivity index (χ2v) is 8.14. The molecular weight excluding hydrogens is 424 g/mol. The van der Waals surface area contributed by atoms with Crippen molar-refractivity contribution in [1.29, 1.82) is 0 Å². The molecule has 0 saturated heterocycles. The van der Waals surface area contributed by atoms with E-state index in [-0.39, 0.29) is 11.7 Å². The van der Waals surface area contributed by atoms with Crippen LogP contribution in [0.4, 0.5) is 5.69 Å². The summed E-state index contributed by atoms with van der Waals surface area (Å²) in [7, 11) is 3.50. The first-order chi connectivity index (χ1) is 15.5. The van der Waals surface area contributed by atoms with Crippen molar-refractivity contribution in [3.05, 3.63) is 66.0 Å². The zero-order valence-electron chi connectivity index (χ0n) is 18.4. The normalized spacial score (nSPS) is 10.9. The van der Waals surface area contributed by atoms with Crippen LogP contribution in [0.2, 0.25) is 0 Å². The summed E-state index contributed by atoms with van der Waals surface area (Å²) in [5, 5.41) is 16.8. The molecule has 0 aliphatic heterocycles. The molecular formula is C23H24N6O2S. The lowest BCUT2D eigenvalue weighted by Crippen LogP contribution is -2.15. The average molecular weight is 449 g/mol. The molecule has 0 spiro atoms. The molecule has 1 N–H and O–H groups in total. The van der Waals surface area contributed by atoms with Crippen molar-refractivity contribution in [2.24, 2.45) is 7.05 Å². The Morgan fingerprint density at radius 2 is 1.78 bits per heavy atom. The fourth-order valence-electron chi connectivity index (χ4n) is 3.45. The van der Waals surface area contributed by atoms with Crippen molar-refractivity contribution >= 4 is 23.4 Å². The number of benzene rings is 2. The average Bonchev–Trinajstić information content (AvgIpc) is 3.32. The van der Waals surface area contributed by atoms with Gasteiger partial charge in [0.2, 0.25) is 5.91 Å². The fraction of sp³-hybridized carbons (Fsp3) is 0.217. The Morgan fingerprint density at radius 1 is 1.06 bits per heavy atom. The number of thioether (sulfide) groups is 1. The van der Waals surface area contributed by atoms with E-state index in [0.717, 1.165) is 34.1 Å². The number of aryl methyl sites for hydroxylation is 1. The van der Waals surface area contributed by atoms with Crippen LogP contribution in [0.1, 0.15) is 11.4 Å². The van der Waals surface area contributed by atoms with Crippen molar-refractivity contribution in [3.8, 4) is 22.8 Å². The molecule has 8 nitrogen and oxygen atoms in total. The molecule has 164 valence electrons. The summed E-state index contributed by atoms with van der Waals surface area (Å²) in [6.07, 6.45) is 0.